The second kappa shape index (κ2) is 9.47. The van der Waals surface area contributed by atoms with Crippen molar-refractivity contribution in [1.82, 2.24) is 24.5 Å². The fraction of sp³-hybridized carbons (Fsp3) is 0.217. The van der Waals surface area contributed by atoms with Gasteiger partial charge in [-0.1, -0.05) is 24.3 Å². The summed E-state index contributed by atoms with van der Waals surface area (Å²) < 4.78 is 19.8. The third-order valence-electron chi connectivity index (χ3n) is 4.90. The molecule has 0 bridgehead atoms. The van der Waals surface area contributed by atoms with Crippen LogP contribution in [0.15, 0.2) is 64.0 Å². The lowest BCUT2D eigenvalue weighted by molar-refractivity contribution is 0.581. The van der Waals surface area contributed by atoms with Crippen LogP contribution in [-0.2, 0) is 17.4 Å². The molecule has 8 nitrogen and oxygen atoms in total. The van der Waals surface area contributed by atoms with E-state index in [-0.39, 0.29) is 0 Å². The van der Waals surface area contributed by atoms with E-state index in [4.69, 9.17) is 15.1 Å². The van der Waals surface area contributed by atoms with E-state index in [0.717, 1.165) is 28.0 Å². The molecule has 4 rings (SSSR count). The molecule has 0 aliphatic heterocycles. The zero-order valence-electron chi connectivity index (χ0n) is 18.1. The number of nitrogens with two attached hydrogens (primary N) is 1. The van der Waals surface area contributed by atoms with E-state index in [1.165, 1.54) is 0 Å². The normalized spacial score (nSPS) is 12.3. The summed E-state index contributed by atoms with van der Waals surface area (Å²) in [7, 11) is 2.35. The van der Waals surface area contributed by atoms with Gasteiger partial charge in [-0.3, -0.25) is 4.98 Å². The number of aromatic nitrogens is 4. The topological polar surface area (TPSA) is 111 Å². The Morgan fingerprint density at radius 1 is 0.969 bits per heavy atom. The van der Waals surface area contributed by atoms with Crippen LogP contribution in [-0.4, -0.2) is 49.3 Å². The number of hydrogen-bond donors (Lipinski definition) is 1. The molecule has 1 atom stereocenters. The predicted octanol–water partition coefficient (Wildman–Crippen LogP) is 3.25. The summed E-state index contributed by atoms with van der Waals surface area (Å²) in [5, 5.41) is 8.37. The average Bonchev–Trinajstić information content (AvgIpc) is 3.30. The van der Waals surface area contributed by atoms with Crippen LogP contribution < -0.4 is 5.73 Å². The van der Waals surface area contributed by atoms with Crippen molar-refractivity contribution in [3.05, 3.63) is 66.0 Å². The third kappa shape index (κ3) is 4.64. The molecule has 1 unspecified atom stereocenters. The van der Waals surface area contributed by atoms with E-state index in [0.29, 0.717) is 35.4 Å². The summed E-state index contributed by atoms with van der Waals surface area (Å²) in [5.41, 5.74) is 10.3. The molecule has 2 heterocycles. The van der Waals surface area contributed by atoms with Gasteiger partial charge in [0.05, 0.1) is 22.5 Å². The number of nitrogens with zero attached hydrogens (tertiary/aromatic N) is 5. The van der Waals surface area contributed by atoms with Crippen LogP contribution in [0, 0.1) is 6.92 Å². The monoisotopic (exact) mass is 448 g/mol. The second-order valence-electron chi connectivity index (χ2n) is 7.42. The molecule has 0 fully saturated rings. The maximum absolute atomic E-state index is 12.2. The van der Waals surface area contributed by atoms with Crippen molar-refractivity contribution in [2.75, 3.05) is 20.6 Å². The number of aryl methyl sites for hydroxylation is 1. The van der Waals surface area contributed by atoms with E-state index in [2.05, 4.69) is 15.2 Å². The minimum Gasteiger partial charge on any atom is -0.415 e. The smallest absolute Gasteiger partial charge is 0.268 e. The largest absolute Gasteiger partial charge is 0.415 e. The van der Waals surface area contributed by atoms with Crippen molar-refractivity contribution in [1.29, 1.82) is 0 Å². The minimum atomic E-state index is -1.20. The molecular formula is C23H24N6O2S. The fourth-order valence-electron chi connectivity index (χ4n) is 3.16. The van der Waals surface area contributed by atoms with Gasteiger partial charge in [-0.05, 0) is 63.8 Å². The van der Waals surface area contributed by atoms with Gasteiger partial charge in [0.15, 0.2) is 0 Å². The van der Waals surface area contributed by atoms with E-state index >= 15 is 0 Å². The zero-order valence-corrected chi connectivity index (χ0v) is 19.0. The van der Waals surface area contributed by atoms with Gasteiger partial charge in [0.25, 0.3) is 5.89 Å². The van der Waals surface area contributed by atoms with Crippen molar-refractivity contribution in [3.8, 4) is 34.3 Å². The lowest BCUT2D eigenvalue weighted by Gasteiger charge is -2.10. The Bertz CT molecular complexity index is 1240. The van der Waals surface area contributed by atoms with Crippen LogP contribution in [0.25, 0.3) is 34.3 Å². The van der Waals surface area contributed by atoms with Gasteiger partial charge >= 0.3 is 0 Å². The summed E-state index contributed by atoms with van der Waals surface area (Å²) in [6.45, 7) is 2.45. The molecule has 0 saturated carbocycles. The lowest BCUT2D eigenvalue weighted by atomic mass is 10.1. The first-order valence-electron chi connectivity index (χ1n) is 10.1. The average molecular weight is 449 g/mol. The third-order valence-corrected chi connectivity index (χ3v) is 6.24. The first kappa shape index (κ1) is 21.9. The van der Waals surface area contributed by atoms with Crippen LogP contribution in [0.3, 0.4) is 0 Å². The van der Waals surface area contributed by atoms with Crippen LogP contribution in [0.5, 0.6) is 0 Å². The van der Waals surface area contributed by atoms with Crippen LogP contribution >= 0.6 is 0 Å². The molecule has 164 valence electrons. The first-order chi connectivity index (χ1) is 15.5. The minimum absolute atomic E-state index is 0.309. The summed E-state index contributed by atoms with van der Waals surface area (Å²) in [4.78, 5) is 9.89. The van der Waals surface area contributed by atoms with Crippen LogP contribution in [0.1, 0.15) is 11.3 Å². The van der Waals surface area contributed by atoms with Crippen molar-refractivity contribution < 1.29 is 8.63 Å². The number of hydrogen-bond acceptors (Lipinski definition) is 7. The Morgan fingerprint density at radius 3 is 2.28 bits per heavy atom. The highest BCUT2D eigenvalue weighted by atomic mass is 32.2. The van der Waals surface area contributed by atoms with E-state index in [1.807, 2.05) is 55.5 Å². The van der Waals surface area contributed by atoms with Crippen molar-refractivity contribution in [3.63, 3.8) is 0 Å². The molecular weight excluding hydrogens is 424 g/mol. The summed E-state index contributed by atoms with van der Waals surface area (Å²) >= 11 is 0. The standard InChI is InChI=1S/C23H24N6O2S/c1-15-21(23-28-27-22(31-23)18-6-4-16(5-7-18)12-13-24)26-20(14-25-15)17-8-10-19(11-9-17)32(30)29(2)3/h4-11,14H,12-13,24H2,1-3H3. The first-order valence-corrected chi connectivity index (χ1v) is 11.2. The van der Waals surface area contributed by atoms with Gasteiger partial charge < -0.3 is 10.2 Å². The van der Waals surface area contributed by atoms with Gasteiger partial charge in [-0.2, -0.15) is 0 Å². The number of rotatable bonds is 7. The molecule has 2 aromatic carbocycles. The van der Waals surface area contributed by atoms with Crippen molar-refractivity contribution in [2.24, 2.45) is 5.73 Å². The SMILES string of the molecule is Cc1ncc(-c2ccc(S(=O)N(C)C)cc2)nc1-c1nnc(-c2ccc(CCN)cc2)o1. The molecule has 2 aromatic heterocycles. The van der Waals surface area contributed by atoms with E-state index in [9.17, 15) is 4.21 Å². The molecule has 0 saturated heterocycles. The molecule has 0 radical (unpaired) electrons. The summed E-state index contributed by atoms with van der Waals surface area (Å²) in [6, 6.07) is 15.3. The Kier molecular flexibility index (Phi) is 6.50. The van der Waals surface area contributed by atoms with Crippen molar-refractivity contribution in [2.45, 2.75) is 18.2 Å². The lowest BCUT2D eigenvalue weighted by Crippen LogP contribution is -2.15. The van der Waals surface area contributed by atoms with Gasteiger partial charge in [0, 0.05) is 11.1 Å². The molecule has 0 aliphatic carbocycles. The molecule has 2 N–H and O–H groups in total. The molecule has 4 aromatic rings. The second-order valence-corrected chi connectivity index (χ2v) is 9.12. The Labute approximate surface area is 189 Å². The molecule has 32 heavy (non-hydrogen) atoms. The molecule has 9 heteroatoms. The van der Waals surface area contributed by atoms with Crippen LogP contribution in [0.2, 0.25) is 0 Å². The highest BCUT2D eigenvalue weighted by molar-refractivity contribution is 7.82. The highest BCUT2D eigenvalue weighted by Crippen LogP contribution is 2.27. The molecule has 0 aliphatic rings. The number of benzene rings is 2. The Morgan fingerprint density at radius 2 is 1.62 bits per heavy atom. The van der Waals surface area contributed by atoms with Gasteiger partial charge in [0.2, 0.25) is 5.89 Å². The zero-order chi connectivity index (χ0) is 22.7. The molecule has 0 spiro atoms. The predicted molar refractivity (Wildman–Crippen MR) is 124 cm³/mol. The summed E-state index contributed by atoms with van der Waals surface area (Å²) in [5.74, 6) is 0.727. The van der Waals surface area contributed by atoms with E-state index in [1.54, 1.807) is 24.6 Å². The Hall–Kier alpha value is -3.27. The molecule has 0 amide bonds. The fourth-order valence-corrected chi connectivity index (χ4v) is 3.95. The van der Waals surface area contributed by atoms with Gasteiger partial charge in [0.1, 0.15) is 16.7 Å². The van der Waals surface area contributed by atoms with Crippen molar-refractivity contribution >= 4 is 11.0 Å². The van der Waals surface area contributed by atoms with Gasteiger partial charge in [-0.25, -0.2) is 13.5 Å². The summed E-state index contributed by atoms with van der Waals surface area (Å²) in [6.07, 6.45) is 2.52. The maximum Gasteiger partial charge on any atom is 0.268 e. The van der Waals surface area contributed by atoms with Gasteiger partial charge in [-0.15, -0.1) is 10.2 Å². The van der Waals surface area contributed by atoms with Crippen LogP contribution in [0.4, 0.5) is 0 Å². The highest BCUT2D eigenvalue weighted by Gasteiger charge is 2.16. The van der Waals surface area contributed by atoms with E-state index < -0.39 is 11.0 Å². The quantitative estimate of drug-likeness (QED) is 0.462. The maximum atomic E-state index is 12.2. The Balaban J connectivity index is 1.62.